The van der Waals surface area contributed by atoms with Gasteiger partial charge in [-0.3, -0.25) is 4.79 Å². The Bertz CT molecular complexity index is 307. The second-order valence-corrected chi connectivity index (χ2v) is 4.52. The first-order valence-corrected chi connectivity index (χ1v) is 4.41. The molecule has 3 nitrogen and oxygen atoms in total. The highest BCUT2D eigenvalue weighted by Crippen LogP contribution is 2.17. The van der Waals surface area contributed by atoms with Crippen molar-refractivity contribution in [3.05, 3.63) is 17.7 Å². The predicted octanol–water partition coefficient (Wildman–Crippen LogP) is 2.05. The van der Waals surface area contributed by atoms with Crippen molar-refractivity contribution >= 4 is 6.29 Å². The van der Waals surface area contributed by atoms with Crippen molar-refractivity contribution in [2.45, 2.75) is 34.2 Å². The first-order valence-electron chi connectivity index (χ1n) is 4.41. The second-order valence-electron chi connectivity index (χ2n) is 4.52. The van der Waals surface area contributed by atoms with Crippen LogP contribution in [0, 0.1) is 12.3 Å². The molecule has 0 aliphatic rings. The van der Waals surface area contributed by atoms with E-state index in [9.17, 15) is 4.79 Å². The number of hydrogen-bond donors (Lipinski definition) is 0. The Morgan fingerprint density at radius 2 is 2.15 bits per heavy atom. The Morgan fingerprint density at radius 3 is 2.54 bits per heavy atom. The Hall–Kier alpha value is -1.12. The normalized spacial score (nSPS) is 11.7. The fourth-order valence-electron chi connectivity index (χ4n) is 1.25. The molecule has 0 amide bonds. The fourth-order valence-corrected chi connectivity index (χ4v) is 1.25. The molecule has 0 aliphatic carbocycles. The molecule has 0 aromatic carbocycles. The van der Waals surface area contributed by atoms with Crippen LogP contribution in [0.15, 0.2) is 6.33 Å². The van der Waals surface area contributed by atoms with E-state index in [1.165, 1.54) is 0 Å². The quantitative estimate of drug-likeness (QED) is 0.653. The summed E-state index contributed by atoms with van der Waals surface area (Å²) in [6.07, 6.45) is 2.53. The summed E-state index contributed by atoms with van der Waals surface area (Å²) in [4.78, 5) is 14.5. The summed E-state index contributed by atoms with van der Waals surface area (Å²) in [6.45, 7) is 9.29. The van der Waals surface area contributed by atoms with E-state index >= 15 is 0 Å². The Morgan fingerprint density at radius 1 is 1.54 bits per heavy atom. The van der Waals surface area contributed by atoms with Crippen LogP contribution in [0.25, 0.3) is 0 Å². The molecule has 72 valence electrons. The van der Waals surface area contributed by atoms with E-state index in [0.29, 0.717) is 5.69 Å². The highest BCUT2D eigenvalue weighted by atomic mass is 16.1. The zero-order valence-electron chi connectivity index (χ0n) is 8.66. The van der Waals surface area contributed by atoms with E-state index < -0.39 is 0 Å². The van der Waals surface area contributed by atoms with Crippen molar-refractivity contribution in [3.63, 3.8) is 0 Å². The monoisotopic (exact) mass is 180 g/mol. The molecule has 0 atom stereocenters. The molecular weight excluding hydrogens is 164 g/mol. The van der Waals surface area contributed by atoms with Crippen LogP contribution >= 0.6 is 0 Å². The summed E-state index contributed by atoms with van der Waals surface area (Å²) in [5.74, 6) is 0. The predicted molar refractivity (Wildman–Crippen MR) is 51.8 cm³/mol. The number of aldehydes is 1. The second kappa shape index (κ2) is 3.32. The van der Waals surface area contributed by atoms with E-state index in [1.807, 2.05) is 11.5 Å². The summed E-state index contributed by atoms with van der Waals surface area (Å²) >= 11 is 0. The minimum atomic E-state index is 0.214. The van der Waals surface area contributed by atoms with Gasteiger partial charge in [-0.15, -0.1) is 0 Å². The minimum absolute atomic E-state index is 0.214. The SMILES string of the molecule is Cc1c(C=O)ncn1CC(C)(C)C. The summed E-state index contributed by atoms with van der Waals surface area (Å²) in [5.41, 5.74) is 1.71. The van der Waals surface area contributed by atoms with E-state index in [1.54, 1.807) is 6.33 Å². The Kier molecular flexibility index (Phi) is 2.55. The molecule has 0 aliphatic heterocycles. The minimum Gasteiger partial charge on any atom is -0.334 e. The maximum Gasteiger partial charge on any atom is 0.170 e. The lowest BCUT2D eigenvalue weighted by atomic mass is 9.97. The van der Waals surface area contributed by atoms with Gasteiger partial charge in [0.15, 0.2) is 6.29 Å². The first-order chi connectivity index (χ1) is 5.94. The van der Waals surface area contributed by atoms with Crippen LogP contribution in [-0.4, -0.2) is 15.8 Å². The van der Waals surface area contributed by atoms with Crippen LogP contribution in [0.1, 0.15) is 37.0 Å². The van der Waals surface area contributed by atoms with Crippen molar-refractivity contribution in [2.24, 2.45) is 5.41 Å². The molecule has 0 radical (unpaired) electrons. The topological polar surface area (TPSA) is 34.9 Å². The Labute approximate surface area is 78.8 Å². The third kappa shape index (κ3) is 2.41. The highest BCUT2D eigenvalue weighted by molar-refractivity contribution is 5.73. The summed E-state index contributed by atoms with van der Waals surface area (Å²) in [7, 11) is 0. The molecular formula is C10H16N2O. The molecule has 0 fully saturated rings. The molecule has 1 aromatic rings. The molecule has 0 spiro atoms. The van der Waals surface area contributed by atoms with Gasteiger partial charge in [0.2, 0.25) is 0 Å². The van der Waals surface area contributed by atoms with Gasteiger partial charge in [-0.1, -0.05) is 20.8 Å². The molecule has 0 saturated carbocycles. The smallest absolute Gasteiger partial charge is 0.170 e. The zero-order valence-corrected chi connectivity index (χ0v) is 8.66. The Balaban J connectivity index is 2.90. The fraction of sp³-hybridized carbons (Fsp3) is 0.600. The number of aromatic nitrogens is 2. The van der Waals surface area contributed by atoms with Crippen molar-refractivity contribution < 1.29 is 4.79 Å². The van der Waals surface area contributed by atoms with E-state index in [2.05, 4.69) is 25.8 Å². The average molecular weight is 180 g/mol. The van der Waals surface area contributed by atoms with Crippen molar-refractivity contribution in [1.82, 2.24) is 9.55 Å². The molecule has 1 rings (SSSR count). The molecule has 0 bridgehead atoms. The molecule has 13 heavy (non-hydrogen) atoms. The molecule has 0 unspecified atom stereocenters. The van der Waals surface area contributed by atoms with E-state index in [4.69, 9.17) is 0 Å². The van der Waals surface area contributed by atoms with Crippen LogP contribution in [0.5, 0.6) is 0 Å². The molecule has 0 N–H and O–H groups in total. The van der Waals surface area contributed by atoms with Crippen LogP contribution in [0.2, 0.25) is 0 Å². The maximum atomic E-state index is 10.5. The lowest BCUT2D eigenvalue weighted by Gasteiger charge is -2.19. The molecule has 1 aromatic heterocycles. The zero-order chi connectivity index (χ0) is 10.1. The third-order valence-electron chi connectivity index (χ3n) is 1.89. The summed E-state index contributed by atoms with van der Waals surface area (Å²) in [6, 6.07) is 0. The van der Waals surface area contributed by atoms with E-state index in [0.717, 1.165) is 18.5 Å². The van der Waals surface area contributed by atoms with Gasteiger partial charge in [0.1, 0.15) is 5.69 Å². The standard InChI is InChI=1S/C10H16N2O/c1-8-9(5-13)11-7-12(8)6-10(2,3)4/h5,7H,6H2,1-4H3. The van der Waals surface area contributed by atoms with Crippen LogP contribution in [0.4, 0.5) is 0 Å². The van der Waals surface area contributed by atoms with Crippen molar-refractivity contribution in [1.29, 1.82) is 0 Å². The number of hydrogen-bond acceptors (Lipinski definition) is 2. The van der Waals surface area contributed by atoms with Gasteiger partial charge in [-0.2, -0.15) is 0 Å². The lowest BCUT2D eigenvalue weighted by molar-refractivity contribution is 0.111. The van der Waals surface area contributed by atoms with Gasteiger partial charge in [0.25, 0.3) is 0 Å². The summed E-state index contributed by atoms with van der Waals surface area (Å²) in [5, 5.41) is 0. The average Bonchev–Trinajstić information content (AvgIpc) is 2.30. The number of rotatable bonds is 2. The van der Waals surface area contributed by atoms with Crippen LogP contribution in [-0.2, 0) is 6.54 Å². The highest BCUT2D eigenvalue weighted by Gasteiger charge is 2.13. The van der Waals surface area contributed by atoms with Crippen molar-refractivity contribution in [2.75, 3.05) is 0 Å². The van der Waals surface area contributed by atoms with Crippen LogP contribution < -0.4 is 0 Å². The third-order valence-corrected chi connectivity index (χ3v) is 1.89. The van der Waals surface area contributed by atoms with Crippen LogP contribution in [0.3, 0.4) is 0 Å². The largest absolute Gasteiger partial charge is 0.334 e. The van der Waals surface area contributed by atoms with Gasteiger partial charge in [0, 0.05) is 12.2 Å². The molecule has 1 heterocycles. The molecule has 0 saturated heterocycles. The number of carbonyl (C=O) groups is 1. The number of imidazole rings is 1. The van der Waals surface area contributed by atoms with E-state index in [-0.39, 0.29) is 5.41 Å². The van der Waals surface area contributed by atoms with Crippen molar-refractivity contribution in [3.8, 4) is 0 Å². The van der Waals surface area contributed by atoms with Gasteiger partial charge >= 0.3 is 0 Å². The van der Waals surface area contributed by atoms with Gasteiger partial charge in [-0.25, -0.2) is 4.98 Å². The number of carbonyl (C=O) groups excluding carboxylic acids is 1. The lowest BCUT2D eigenvalue weighted by Crippen LogP contribution is -2.15. The first kappa shape index (κ1) is 9.96. The number of nitrogens with zero attached hydrogens (tertiary/aromatic N) is 2. The van der Waals surface area contributed by atoms with Gasteiger partial charge in [0.05, 0.1) is 6.33 Å². The molecule has 3 heteroatoms. The summed E-state index contributed by atoms with van der Waals surface area (Å²) < 4.78 is 2.02. The van der Waals surface area contributed by atoms with Gasteiger partial charge in [-0.05, 0) is 12.3 Å². The van der Waals surface area contributed by atoms with Gasteiger partial charge < -0.3 is 4.57 Å². The maximum absolute atomic E-state index is 10.5.